The van der Waals surface area contributed by atoms with E-state index in [4.69, 9.17) is 16.3 Å². The summed E-state index contributed by atoms with van der Waals surface area (Å²) < 4.78 is 5.01. The summed E-state index contributed by atoms with van der Waals surface area (Å²) in [7, 11) is 1.70. The summed E-state index contributed by atoms with van der Waals surface area (Å²) in [6.45, 7) is 3.61. The second kappa shape index (κ2) is 6.74. The highest BCUT2D eigenvalue weighted by Gasteiger charge is 2.03. The minimum Gasteiger partial charge on any atom is -0.506 e. The summed E-state index contributed by atoms with van der Waals surface area (Å²) in [4.78, 5) is 0. The number of rotatable bonds is 6. The summed E-state index contributed by atoms with van der Waals surface area (Å²) >= 11 is 5.81. The number of nitrogens with one attached hydrogen (secondary N) is 1. The number of hydrogen-bond acceptors (Lipinski definition) is 3. The van der Waals surface area contributed by atoms with Crippen molar-refractivity contribution < 1.29 is 9.84 Å². The topological polar surface area (TPSA) is 41.5 Å². The molecule has 1 aromatic rings. The Kier molecular flexibility index (Phi) is 5.60. The first-order valence-corrected chi connectivity index (χ1v) is 5.71. The van der Waals surface area contributed by atoms with Crippen LogP contribution in [-0.2, 0) is 11.3 Å². The molecule has 3 nitrogen and oxygen atoms in total. The van der Waals surface area contributed by atoms with Gasteiger partial charge in [-0.05, 0) is 31.0 Å². The molecule has 90 valence electrons. The van der Waals surface area contributed by atoms with E-state index in [-0.39, 0.29) is 5.75 Å². The lowest BCUT2D eigenvalue weighted by molar-refractivity contribution is 0.184. The molecule has 1 atom stereocenters. The average Bonchev–Trinajstić information content (AvgIpc) is 2.28. The van der Waals surface area contributed by atoms with Crippen LogP contribution >= 0.6 is 11.6 Å². The van der Waals surface area contributed by atoms with Gasteiger partial charge in [0.15, 0.2) is 0 Å². The van der Waals surface area contributed by atoms with Gasteiger partial charge in [-0.2, -0.15) is 0 Å². The van der Waals surface area contributed by atoms with E-state index in [1.807, 2.05) is 6.07 Å². The highest BCUT2D eigenvalue weighted by atomic mass is 35.5. The number of halogens is 1. The van der Waals surface area contributed by atoms with Crippen molar-refractivity contribution >= 4 is 11.6 Å². The molecule has 0 aliphatic carbocycles. The Morgan fingerprint density at radius 3 is 2.88 bits per heavy atom. The van der Waals surface area contributed by atoms with Crippen molar-refractivity contribution in [3.8, 4) is 5.75 Å². The fourth-order valence-corrected chi connectivity index (χ4v) is 1.55. The first-order valence-electron chi connectivity index (χ1n) is 5.33. The van der Waals surface area contributed by atoms with Crippen molar-refractivity contribution in [3.63, 3.8) is 0 Å². The van der Waals surface area contributed by atoms with E-state index < -0.39 is 0 Å². The molecule has 0 aliphatic heterocycles. The molecule has 16 heavy (non-hydrogen) atoms. The van der Waals surface area contributed by atoms with Crippen LogP contribution in [0.15, 0.2) is 18.2 Å². The van der Waals surface area contributed by atoms with Gasteiger partial charge >= 0.3 is 0 Å². The third-order valence-corrected chi connectivity index (χ3v) is 2.72. The molecule has 4 heteroatoms. The first-order chi connectivity index (χ1) is 7.63. The van der Waals surface area contributed by atoms with Crippen molar-refractivity contribution in [3.05, 3.63) is 28.8 Å². The van der Waals surface area contributed by atoms with E-state index in [9.17, 15) is 5.11 Å². The summed E-state index contributed by atoms with van der Waals surface area (Å²) in [5.41, 5.74) is 1.06. The van der Waals surface area contributed by atoms with Gasteiger partial charge in [-0.15, -0.1) is 0 Å². The maximum Gasteiger partial charge on any atom is 0.134 e. The highest BCUT2D eigenvalue weighted by Crippen LogP contribution is 2.23. The minimum atomic E-state index is 0.123. The predicted octanol–water partition coefficient (Wildman–Crippen LogP) is 2.56. The second-order valence-electron chi connectivity index (χ2n) is 3.85. The van der Waals surface area contributed by atoms with E-state index in [2.05, 4.69) is 12.2 Å². The zero-order valence-corrected chi connectivity index (χ0v) is 10.4. The van der Waals surface area contributed by atoms with E-state index >= 15 is 0 Å². The van der Waals surface area contributed by atoms with Gasteiger partial charge in [0.2, 0.25) is 0 Å². The molecular formula is C12H18ClNO2. The summed E-state index contributed by atoms with van der Waals surface area (Å²) in [5.74, 6) is 0.123. The maximum absolute atomic E-state index is 9.27. The molecule has 1 aromatic carbocycles. The van der Waals surface area contributed by atoms with Gasteiger partial charge in [0, 0.05) is 26.3 Å². The Morgan fingerprint density at radius 1 is 1.50 bits per heavy atom. The molecule has 2 N–H and O–H groups in total. The smallest absolute Gasteiger partial charge is 0.134 e. The number of methoxy groups -OCH3 is 1. The van der Waals surface area contributed by atoms with Crippen LogP contribution in [0.1, 0.15) is 18.9 Å². The van der Waals surface area contributed by atoms with Gasteiger partial charge in [0.1, 0.15) is 5.75 Å². The number of benzene rings is 1. The van der Waals surface area contributed by atoms with Gasteiger partial charge in [-0.3, -0.25) is 0 Å². The Hall–Kier alpha value is -0.770. The highest BCUT2D eigenvalue weighted by molar-refractivity contribution is 6.32. The first kappa shape index (κ1) is 13.3. The summed E-state index contributed by atoms with van der Waals surface area (Å²) in [6, 6.07) is 5.64. The minimum absolute atomic E-state index is 0.123. The van der Waals surface area contributed by atoms with Crippen LogP contribution in [0.25, 0.3) is 0 Å². The molecule has 0 spiro atoms. The molecule has 0 bridgehead atoms. The number of phenolic OH excluding ortho intramolecular Hbond substituents is 1. The molecule has 0 saturated carbocycles. The van der Waals surface area contributed by atoms with Crippen LogP contribution in [0.3, 0.4) is 0 Å². The van der Waals surface area contributed by atoms with Crippen LogP contribution in [0, 0.1) is 0 Å². The Labute approximate surface area is 101 Å². The zero-order valence-electron chi connectivity index (χ0n) is 9.66. The average molecular weight is 244 g/mol. The van der Waals surface area contributed by atoms with Crippen LogP contribution < -0.4 is 5.32 Å². The quantitative estimate of drug-likeness (QED) is 0.807. The van der Waals surface area contributed by atoms with Crippen LogP contribution in [0.2, 0.25) is 5.02 Å². The van der Waals surface area contributed by atoms with Crippen molar-refractivity contribution in [2.75, 3.05) is 13.7 Å². The Morgan fingerprint density at radius 2 is 2.25 bits per heavy atom. The SMILES string of the molecule is COCCC(C)NCc1ccc(O)c(Cl)c1. The standard InChI is InChI=1S/C12H18ClNO2/c1-9(5-6-16-2)14-8-10-3-4-12(15)11(13)7-10/h3-4,7,9,14-15H,5-6,8H2,1-2H3. The lowest BCUT2D eigenvalue weighted by Gasteiger charge is -2.13. The molecule has 0 aromatic heterocycles. The van der Waals surface area contributed by atoms with Gasteiger partial charge < -0.3 is 15.2 Å². The van der Waals surface area contributed by atoms with Crippen LogP contribution in [-0.4, -0.2) is 24.9 Å². The maximum atomic E-state index is 9.27. The normalized spacial score (nSPS) is 12.7. The molecule has 0 saturated heterocycles. The molecule has 0 radical (unpaired) electrons. The molecular weight excluding hydrogens is 226 g/mol. The molecule has 0 fully saturated rings. The third-order valence-electron chi connectivity index (χ3n) is 2.42. The van der Waals surface area contributed by atoms with E-state index in [1.165, 1.54) is 0 Å². The number of phenols is 1. The van der Waals surface area contributed by atoms with E-state index in [1.54, 1.807) is 19.2 Å². The van der Waals surface area contributed by atoms with Gasteiger partial charge in [0.05, 0.1) is 5.02 Å². The largest absolute Gasteiger partial charge is 0.506 e. The molecule has 1 unspecified atom stereocenters. The van der Waals surface area contributed by atoms with Gasteiger partial charge in [-0.1, -0.05) is 17.7 Å². The van der Waals surface area contributed by atoms with Gasteiger partial charge in [0.25, 0.3) is 0 Å². The lowest BCUT2D eigenvalue weighted by atomic mass is 10.2. The zero-order chi connectivity index (χ0) is 12.0. The number of ether oxygens (including phenoxy) is 1. The van der Waals surface area contributed by atoms with Crippen molar-refractivity contribution in [1.82, 2.24) is 5.32 Å². The van der Waals surface area contributed by atoms with Crippen LogP contribution in [0.4, 0.5) is 0 Å². The van der Waals surface area contributed by atoms with E-state index in [0.717, 1.165) is 25.1 Å². The molecule has 0 heterocycles. The molecule has 0 aliphatic rings. The number of aromatic hydroxyl groups is 1. The predicted molar refractivity (Wildman–Crippen MR) is 65.9 cm³/mol. The third kappa shape index (κ3) is 4.39. The van der Waals surface area contributed by atoms with Gasteiger partial charge in [-0.25, -0.2) is 0 Å². The fraction of sp³-hybridized carbons (Fsp3) is 0.500. The Bertz CT molecular complexity index is 331. The molecule has 1 rings (SSSR count). The van der Waals surface area contributed by atoms with Crippen molar-refractivity contribution in [2.45, 2.75) is 25.9 Å². The van der Waals surface area contributed by atoms with E-state index in [0.29, 0.717) is 11.1 Å². The van der Waals surface area contributed by atoms with Crippen molar-refractivity contribution in [1.29, 1.82) is 0 Å². The summed E-state index contributed by atoms with van der Waals surface area (Å²) in [5, 5.41) is 13.0. The molecule has 0 amide bonds. The van der Waals surface area contributed by atoms with Crippen LogP contribution in [0.5, 0.6) is 5.75 Å². The fourth-order valence-electron chi connectivity index (χ4n) is 1.35. The monoisotopic (exact) mass is 243 g/mol. The van der Waals surface area contributed by atoms with Crippen molar-refractivity contribution in [2.24, 2.45) is 0 Å². The lowest BCUT2D eigenvalue weighted by Crippen LogP contribution is -2.26. The Balaban J connectivity index is 2.39. The summed E-state index contributed by atoms with van der Waals surface area (Å²) in [6.07, 6.45) is 0.975. The second-order valence-corrected chi connectivity index (χ2v) is 4.26. The number of hydrogen-bond donors (Lipinski definition) is 2.